The summed E-state index contributed by atoms with van der Waals surface area (Å²) in [7, 11) is -3.60. The van der Waals surface area contributed by atoms with Gasteiger partial charge >= 0.3 is 0 Å². The average Bonchev–Trinajstić information content (AvgIpc) is 2.88. The summed E-state index contributed by atoms with van der Waals surface area (Å²) in [5, 5.41) is 2.98. The molecule has 0 aromatic heterocycles. The third kappa shape index (κ3) is 9.70. The van der Waals surface area contributed by atoms with Crippen LogP contribution in [0.4, 0.5) is 10.1 Å². The van der Waals surface area contributed by atoms with Gasteiger partial charge in [-0.3, -0.25) is 13.9 Å². The summed E-state index contributed by atoms with van der Waals surface area (Å²) >= 11 is 0. The van der Waals surface area contributed by atoms with E-state index in [1.807, 2.05) is 64.1 Å². The van der Waals surface area contributed by atoms with Crippen LogP contribution in [0.15, 0.2) is 78.9 Å². The maximum Gasteiger partial charge on any atom is 0.243 e. The summed E-state index contributed by atoms with van der Waals surface area (Å²) in [6.45, 7) is 7.44. The van der Waals surface area contributed by atoms with Crippen LogP contribution in [-0.4, -0.2) is 49.5 Å². The van der Waals surface area contributed by atoms with Gasteiger partial charge in [0.15, 0.2) is 0 Å². The van der Waals surface area contributed by atoms with Crippen molar-refractivity contribution in [1.29, 1.82) is 0 Å². The van der Waals surface area contributed by atoms with Gasteiger partial charge in [0.25, 0.3) is 0 Å². The van der Waals surface area contributed by atoms with Gasteiger partial charge in [-0.15, -0.1) is 0 Å². The Morgan fingerprint density at radius 3 is 2.22 bits per heavy atom. The van der Waals surface area contributed by atoms with Crippen molar-refractivity contribution in [2.24, 2.45) is 0 Å². The van der Waals surface area contributed by atoms with Gasteiger partial charge in [-0.1, -0.05) is 60.7 Å². The largest absolute Gasteiger partial charge is 0.350 e. The van der Waals surface area contributed by atoms with E-state index in [-0.39, 0.29) is 44.2 Å². The number of amides is 2. The third-order valence-electron chi connectivity index (χ3n) is 6.51. The van der Waals surface area contributed by atoms with Crippen LogP contribution in [-0.2, 0) is 32.6 Å². The molecule has 0 bridgehead atoms. The molecule has 0 aliphatic carbocycles. The van der Waals surface area contributed by atoms with Gasteiger partial charge in [-0.25, -0.2) is 12.8 Å². The summed E-state index contributed by atoms with van der Waals surface area (Å²) in [5.41, 5.74) is 2.03. The molecule has 41 heavy (non-hydrogen) atoms. The first-order valence-corrected chi connectivity index (χ1v) is 15.5. The lowest BCUT2D eigenvalue weighted by Gasteiger charge is -2.34. The van der Waals surface area contributed by atoms with E-state index in [0.717, 1.165) is 17.4 Å². The van der Waals surface area contributed by atoms with Crippen LogP contribution in [0.25, 0.3) is 0 Å². The Labute approximate surface area is 243 Å². The molecule has 220 valence electrons. The number of rotatable bonds is 12. The van der Waals surface area contributed by atoms with Crippen LogP contribution in [0, 0.1) is 12.7 Å². The number of aryl methyl sites for hydroxylation is 1. The second-order valence-electron chi connectivity index (χ2n) is 11.3. The van der Waals surface area contributed by atoms with Crippen molar-refractivity contribution in [3.05, 3.63) is 101 Å². The van der Waals surface area contributed by atoms with E-state index < -0.39 is 27.4 Å². The topological polar surface area (TPSA) is 86.8 Å². The molecule has 1 unspecified atom stereocenters. The Kier molecular flexibility index (Phi) is 10.7. The number of anilines is 1. The fourth-order valence-corrected chi connectivity index (χ4v) is 5.56. The summed E-state index contributed by atoms with van der Waals surface area (Å²) in [4.78, 5) is 28.9. The zero-order valence-electron chi connectivity index (χ0n) is 24.4. The van der Waals surface area contributed by atoms with Crippen molar-refractivity contribution in [3.8, 4) is 0 Å². The molecule has 0 fully saturated rings. The highest BCUT2D eigenvalue weighted by atomic mass is 32.2. The van der Waals surface area contributed by atoms with Gasteiger partial charge in [0.2, 0.25) is 21.8 Å². The molecule has 0 saturated heterocycles. The number of benzene rings is 3. The number of carbonyl (C=O) groups excluding carboxylic acids is 2. The minimum Gasteiger partial charge on any atom is -0.350 e. The van der Waals surface area contributed by atoms with Crippen LogP contribution in [0.5, 0.6) is 0 Å². The molecule has 9 heteroatoms. The van der Waals surface area contributed by atoms with E-state index in [1.54, 1.807) is 36.4 Å². The molecule has 3 rings (SSSR count). The maximum absolute atomic E-state index is 14.8. The number of hydrogen-bond acceptors (Lipinski definition) is 4. The monoisotopic (exact) mass is 581 g/mol. The van der Waals surface area contributed by atoms with Gasteiger partial charge in [0.05, 0.1) is 11.9 Å². The standard InChI is InChI=1S/C32H40FN3O4S/c1-24-13-11-17-27(21-24)36(41(5,39)40)20-12-19-30(37)35(23-26-16-9-10-18-28(26)33)29(31(38)34-32(2,3)4)22-25-14-7-6-8-15-25/h6-11,13-18,21,29H,12,19-20,22-23H2,1-5H3,(H,34,38). The highest BCUT2D eigenvalue weighted by Gasteiger charge is 2.32. The molecular weight excluding hydrogens is 541 g/mol. The molecule has 3 aromatic rings. The minimum absolute atomic E-state index is 0.0274. The molecule has 7 nitrogen and oxygen atoms in total. The Balaban J connectivity index is 1.91. The maximum atomic E-state index is 14.8. The minimum atomic E-state index is -3.60. The molecule has 1 atom stereocenters. The molecule has 1 N–H and O–H groups in total. The van der Waals surface area contributed by atoms with Crippen molar-refractivity contribution in [2.75, 3.05) is 17.1 Å². The van der Waals surface area contributed by atoms with Crippen molar-refractivity contribution >= 4 is 27.5 Å². The molecule has 2 amide bonds. The SMILES string of the molecule is Cc1cccc(N(CCCC(=O)N(Cc2ccccc2F)C(Cc2ccccc2)C(=O)NC(C)(C)C)S(C)(=O)=O)c1. The zero-order chi connectivity index (χ0) is 30.2. The van der Waals surface area contributed by atoms with Gasteiger partial charge in [-0.2, -0.15) is 0 Å². The van der Waals surface area contributed by atoms with Gasteiger partial charge in [-0.05, 0) is 63.4 Å². The van der Waals surface area contributed by atoms with Crippen LogP contribution in [0.1, 0.15) is 50.3 Å². The lowest BCUT2D eigenvalue weighted by molar-refractivity contribution is -0.142. The number of hydrogen-bond donors (Lipinski definition) is 1. The van der Waals surface area contributed by atoms with Gasteiger partial charge in [0.1, 0.15) is 11.9 Å². The second-order valence-corrected chi connectivity index (χ2v) is 13.2. The number of carbonyl (C=O) groups is 2. The van der Waals surface area contributed by atoms with E-state index in [9.17, 15) is 22.4 Å². The fraction of sp³-hybridized carbons (Fsp3) is 0.375. The van der Waals surface area contributed by atoms with Gasteiger partial charge < -0.3 is 10.2 Å². The first kappa shape index (κ1) is 31.8. The number of halogens is 1. The molecule has 0 spiro atoms. The third-order valence-corrected chi connectivity index (χ3v) is 7.70. The predicted octanol–water partition coefficient (Wildman–Crippen LogP) is 5.24. The molecule has 0 saturated carbocycles. The molecule has 0 heterocycles. The van der Waals surface area contributed by atoms with Crippen LogP contribution >= 0.6 is 0 Å². The normalized spacial score (nSPS) is 12.4. The van der Waals surface area contributed by atoms with Gasteiger partial charge in [0, 0.05) is 37.0 Å². The highest BCUT2D eigenvalue weighted by molar-refractivity contribution is 7.92. The second kappa shape index (κ2) is 13.8. The molecular formula is C32H40FN3O4S. The smallest absolute Gasteiger partial charge is 0.243 e. The first-order chi connectivity index (χ1) is 19.2. The van der Waals surface area contributed by atoms with E-state index >= 15 is 0 Å². The number of sulfonamides is 1. The van der Waals surface area contributed by atoms with E-state index in [2.05, 4.69) is 5.32 Å². The van der Waals surface area contributed by atoms with Crippen LogP contribution < -0.4 is 9.62 Å². The lowest BCUT2D eigenvalue weighted by Crippen LogP contribution is -2.54. The Bertz CT molecular complexity index is 1440. The Hall–Kier alpha value is -3.72. The molecule has 3 aromatic carbocycles. The van der Waals surface area contributed by atoms with Crippen LogP contribution in [0.3, 0.4) is 0 Å². The summed E-state index contributed by atoms with van der Waals surface area (Å²) in [5.74, 6) is -1.18. The lowest BCUT2D eigenvalue weighted by atomic mass is 10.00. The quantitative estimate of drug-likeness (QED) is 0.317. The van der Waals surface area contributed by atoms with Crippen molar-refractivity contribution in [3.63, 3.8) is 0 Å². The zero-order valence-corrected chi connectivity index (χ0v) is 25.2. The van der Waals surface area contributed by atoms with Crippen molar-refractivity contribution in [2.45, 2.75) is 65.1 Å². The van der Waals surface area contributed by atoms with E-state index in [4.69, 9.17) is 0 Å². The molecule has 0 aliphatic heterocycles. The first-order valence-electron chi connectivity index (χ1n) is 13.7. The predicted molar refractivity (Wildman–Crippen MR) is 161 cm³/mol. The highest BCUT2D eigenvalue weighted by Crippen LogP contribution is 2.22. The number of nitrogens with one attached hydrogen (secondary N) is 1. The fourth-order valence-electron chi connectivity index (χ4n) is 4.60. The Morgan fingerprint density at radius 1 is 0.951 bits per heavy atom. The summed E-state index contributed by atoms with van der Waals surface area (Å²) < 4.78 is 41.3. The molecule has 0 aliphatic rings. The van der Waals surface area contributed by atoms with E-state index in [0.29, 0.717) is 11.3 Å². The summed E-state index contributed by atoms with van der Waals surface area (Å²) in [6.07, 6.45) is 1.56. The van der Waals surface area contributed by atoms with Crippen molar-refractivity contribution in [1.82, 2.24) is 10.2 Å². The number of nitrogens with zero attached hydrogens (tertiary/aromatic N) is 2. The summed E-state index contributed by atoms with van der Waals surface area (Å²) in [6, 6.07) is 21.8. The molecule has 0 radical (unpaired) electrons. The Morgan fingerprint density at radius 2 is 1.61 bits per heavy atom. The average molecular weight is 582 g/mol. The van der Waals surface area contributed by atoms with Crippen LogP contribution in [0.2, 0.25) is 0 Å². The van der Waals surface area contributed by atoms with E-state index in [1.165, 1.54) is 15.3 Å². The van der Waals surface area contributed by atoms with Crippen molar-refractivity contribution < 1.29 is 22.4 Å².